The third-order valence-electron chi connectivity index (χ3n) is 9.61. The molecular weight excluding hydrogens is 930 g/mol. The molecule has 2 aliphatic rings. The van der Waals surface area contributed by atoms with E-state index in [2.05, 4.69) is 44.1 Å². The van der Waals surface area contributed by atoms with Crippen LogP contribution < -0.4 is 192 Å². The number of rotatable bonds is 19. The smallest absolute Gasteiger partial charge is 0.744 e. The van der Waals surface area contributed by atoms with Crippen molar-refractivity contribution in [3.05, 3.63) is 95.8 Å². The summed E-state index contributed by atoms with van der Waals surface area (Å²) in [5.74, 6) is -1.22. The molecule has 2 aliphatic heterocycles. The topological polar surface area (TPSA) is 174 Å². The fraction of sp³-hybridized carbons (Fsp3) is 0.410. The molecule has 1 N–H and O–H groups in total. The molecule has 0 bridgehead atoms. The van der Waals surface area contributed by atoms with E-state index in [0.717, 1.165) is 70.2 Å². The van der Waals surface area contributed by atoms with Crippen molar-refractivity contribution in [3.8, 4) is 0 Å². The quantitative estimate of drug-likeness (QED) is 0.0212. The van der Waals surface area contributed by atoms with Crippen LogP contribution in [0.4, 0.5) is 11.4 Å². The summed E-state index contributed by atoms with van der Waals surface area (Å²) in [7, 11) is -4.57. The maximum Gasteiger partial charge on any atom is 1.00 e. The van der Waals surface area contributed by atoms with Crippen LogP contribution >= 0.6 is 12.0 Å². The van der Waals surface area contributed by atoms with Crippen LogP contribution in [0.1, 0.15) is 84.3 Å². The minimum absolute atomic E-state index is 0. The Morgan fingerprint density at radius 2 is 1.61 bits per heavy atom. The van der Waals surface area contributed by atoms with Gasteiger partial charge in [0, 0.05) is 71.3 Å². The number of hydrogen-bond acceptors (Lipinski definition) is 11. The van der Waals surface area contributed by atoms with Crippen molar-refractivity contribution in [1.29, 1.82) is 0 Å². The molecule has 0 saturated carbocycles. The van der Waals surface area contributed by atoms with Crippen LogP contribution in [0.3, 0.4) is 0 Å². The summed E-state index contributed by atoms with van der Waals surface area (Å²) in [4.78, 5) is 25.3. The molecule has 0 aliphatic carbocycles. The van der Waals surface area contributed by atoms with Crippen LogP contribution in [0.2, 0.25) is 0 Å². The zero-order valence-electron chi connectivity index (χ0n) is 33.8. The number of carbonyl (C=O) groups excluding carboxylic acids is 2. The summed E-state index contributed by atoms with van der Waals surface area (Å²) < 4.78 is 41.9. The minimum atomic E-state index is -4.57. The molecule has 286 valence electrons. The summed E-state index contributed by atoms with van der Waals surface area (Å²) in [6, 6.07) is 10.4. The molecule has 2 aromatic rings. The largest absolute Gasteiger partial charge is 1.00 e. The number of likely N-dealkylation sites (N-methyl/N-ethyl adjacent to an activating group) is 1. The number of unbranched alkanes of at least 4 members (excludes halogenated alkanes) is 2. The predicted molar refractivity (Wildman–Crippen MR) is 199 cm³/mol. The first-order chi connectivity index (χ1) is 25.1. The first kappa shape index (κ1) is 55.3. The average Bonchev–Trinajstić information content (AvgIpc) is 3.45. The number of benzene rings is 2. The zero-order valence-corrected chi connectivity index (χ0v) is 47.9. The second-order valence-electron chi connectivity index (χ2n) is 13.9. The number of anilines is 1. The molecule has 0 radical (unpaired) electrons. The average molecular weight is 977 g/mol. The van der Waals surface area contributed by atoms with Crippen molar-refractivity contribution in [2.24, 2.45) is 0 Å². The maximum atomic E-state index is 12.2. The molecule has 4 rings (SSSR count). The Balaban J connectivity index is 0.00000523. The van der Waals surface area contributed by atoms with Gasteiger partial charge < -0.3 is 29.9 Å². The Kier molecular flexibility index (Phi) is 25.7. The van der Waals surface area contributed by atoms with E-state index >= 15 is 0 Å². The van der Waals surface area contributed by atoms with E-state index in [0.29, 0.717) is 32.4 Å². The summed E-state index contributed by atoms with van der Waals surface area (Å²) >= 11 is 0.849. The predicted octanol–water partition coefficient (Wildman–Crippen LogP) is -4.21. The number of aliphatic carboxylic acids is 1. The molecule has 0 saturated heterocycles. The number of carboxylic acids is 1. The first-order valence-electron chi connectivity index (χ1n) is 17.6. The van der Waals surface area contributed by atoms with E-state index in [9.17, 15) is 32.9 Å². The summed E-state index contributed by atoms with van der Waals surface area (Å²) in [6.07, 6.45) is 16.8. The van der Waals surface area contributed by atoms with E-state index in [1.165, 1.54) is 12.1 Å². The third kappa shape index (κ3) is 15.0. The molecule has 0 atom stereocenters. The van der Waals surface area contributed by atoms with Gasteiger partial charge in [0.15, 0.2) is 5.71 Å². The second kappa shape index (κ2) is 26.0. The van der Waals surface area contributed by atoms with Crippen molar-refractivity contribution in [2.45, 2.75) is 93.8 Å². The van der Waals surface area contributed by atoms with Gasteiger partial charge in [-0.1, -0.05) is 44.2 Å². The SMILES string of the molecule is CCN1\C(=C/C=C/C=C/C=C/C2=[N+](CCCCCC(=O)NCCCC(=O)[O-])c3ccc(SOO[O-])cc3C2(C)C)C(C)(C)c2cc(S(=O)(=O)[O-])ccc21.[Cs+].[K+].[K+]. The molecule has 12 nitrogen and oxygen atoms in total. The fourth-order valence-electron chi connectivity index (χ4n) is 6.92. The van der Waals surface area contributed by atoms with Gasteiger partial charge in [0.25, 0.3) is 0 Å². The van der Waals surface area contributed by atoms with Gasteiger partial charge in [-0.15, -0.1) is 0 Å². The molecule has 0 aromatic heterocycles. The first-order valence-corrected chi connectivity index (χ1v) is 19.8. The van der Waals surface area contributed by atoms with Crippen LogP contribution in [0.15, 0.2) is 94.4 Å². The molecule has 56 heavy (non-hydrogen) atoms. The number of amides is 1. The van der Waals surface area contributed by atoms with Crippen molar-refractivity contribution in [1.82, 2.24) is 5.32 Å². The van der Waals surface area contributed by atoms with Crippen LogP contribution in [0.5, 0.6) is 0 Å². The van der Waals surface area contributed by atoms with Crippen LogP contribution in [0.25, 0.3) is 0 Å². The molecule has 17 heteroatoms. The van der Waals surface area contributed by atoms with Gasteiger partial charge in [0.1, 0.15) is 16.7 Å². The van der Waals surface area contributed by atoms with Crippen LogP contribution in [0, 0.1) is 0 Å². The normalized spacial score (nSPS) is 16.2. The molecule has 0 fully saturated rings. The van der Waals surface area contributed by atoms with E-state index in [4.69, 9.17) is 0 Å². The van der Waals surface area contributed by atoms with Gasteiger partial charge >= 0.3 is 172 Å². The van der Waals surface area contributed by atoms with E-state index in [1.807, 2.05) is 75.4 Å². The van der Waals surface area contributed by atoms with Crippen LogP contribution in [-0.2, 0) is 39.9 Å². The van der Waals surface area contributed by atoms with E-state index < -0.39 is 21.5 Å². The van der Waals surface area contributed by atoms with Crippen molar-refractivity contribution in [2.75, 3.05) is 24.5 Å². The zero-order chi connectivity index (χ0) is 38.8. The van der Waals surface area contributed by atoms with Crippen molar-refractivity contribution in [3.63, 3.8) is 0 Å². The van der Waals surface area contributed by atoms with E-state index in [1.54, 1.807) is 6.07 Å². The molecule has 0 spiro atoms. The Morgan fingerprint density at radius 3 is 2.27 bits per heavy atom. The standard InChI is InChI=1S/C39H49N3O9S2.Cs.2K/c1-6-41-32-23-21-29(53(47,48)49)27-31(32)39(4,5)34(41)16-11-8-7-9-12-17-35-38(2,3)30-26-28(52-51-50-46)20-22-33(30)42(35)25-14-10-13-18-36(43)40-24-15-19-37(44)45;;;/h7-9,11-12,16-17,20-23,26-27H,6,10,13-15,18-19,24-25H2,1-5H3,(H3-,40,43,44,45,46,47,48,49);;;/q;3*+1/p-2. The number of hydrogen-bond donors (Lipinski definition) is 1. The Hall–Kier alpha value is 1.27. The number of fused-ring (bicyclic) bond motifs is 2. The summed E-state index contributed by atoms with van der Waals surface area (Å²) in [5.41, 5.74) is 4.98. The van der Waals surface area contributed by atoms with Gasteiger partial charge in [0.2, 0.25) is 11.6 Å². The summed E-state index contributed by atoms with van der Waals surface area (Å²) in [6.45, 7) is 12.0. The van der Waals surface area contributed by atoms with Gasteiger partial charge in [-0.05, 0) is 88.4 Å². The molecule has 0 unspecified atom stereocenters. The fourth-order valence-corrected chi connectivity index (χ4v) is 7.81. The molecule has 2 heterocycles. The van der Waals surface area contributed by atoms with Gasteiger partial charge in [-0.25, -0.2) is 8.42 Å². The number of carbonyl (C=O) groups is 2. The van der Waals surface area contributed by atoms with Gasteiger partial charge in [0.05, 0.1) is 22.4 Å². The second-order valence-corrected chi connectivity index (χ2v) is 16.0. The summed E-state index contributed by atoms with van der Waals surface area (Å²) in [5, 5.41) is 27.3. The Bertz CT molecular complexity index is 1950. The Morgan fingerprint density at radius 1 is 0.911 bits per heavy atom. The number of carboxylic acid groups (broad SMARTS) is 1. The monoisotopic (exact) mass is 976 g/mol. The Labute approximate surface area is 479 Å². The number of nitrogens with zero attached hydrogens (tertiary/aromatic N) is 2. The molecule has 2 aromatic carbocycles. The minimum Gasteiger partial charge on any atom is -0.744 e. The van der Waals surface area contributed by atoms with Crippen molar-refractivity contribution >= 4 is 51.1 Å². The van der Waals surface area contributed by atoms with Crippen molar-refractivity contribution < 1.29 is 219 Å². The van der Waals surface area contributed by atoms with Crippen LogP contribution in [-0.4, -0.2) is 54.8 Å². The molecular formula is C39H47CsK2N3O9S2+. The number of nitrogens with one attached hydrogen (secondary N) is 1. The number of allylic oxidation sites excluding steroid dienone is 8. The van der Waals surface area contributed by atoms with Gasteiger partial charge in [-0.3, -0.25) is 9.83 Å². The third-order valence-corrected chi connectivity index (χ3v) is 11.0. The van der Waals surface area contributed by atoms with E-state index in [-0.39, 0.29) is 194 Å². The van der Waals surface area contributed by atoms with Gasteiger partial charge in [-0.2, -0.15) is 8.91 Å². The molecule has 1 amide bonds. The maximum absolute atomic E-state index is 12.2.